The molecule has 7 heteroatoms. The van der Waals surface area contributed by atoms with E-state index >= 15 is 0 Å². The Morgan fingerprint density at radius 2 is 1.30 bits per heavy atom. The molecule has 0 aliphatic rings. The topological polar surface area (TPSA) is 20.2 Å². The zero-order chi connectivity index (χ0) is 8.58. The van der Waals surface area contributed by atoms with E-state index < -0.39 is 13.7 Å². The molecule has 0 saturated carbocycles. The van der Waals surface area contributed by atoms with Crippen molar-refractivity contribution in [3.05, 3.63) is 0 Å². The molecule has 0 saturated heterocycles. The van der Waals surface area contributed by atoms with Gasteiger partial charge < -0.3 is 5.11 Å². The molecule has 10 heavy (non-hydrogen) atoms. The Balaban J connectivity index is 4.40. The van der Waals surface area contributed by atoms with Crippen molar-refractivity contribution in [2.24, 2.45) is 0 Å². The number of alkyl halides is 6. The molecule has 0 aliphatic carbocycles. The van der Waals surface area contributed by atoms with E-state index in [2.05, 4.69) is 0 Å². The van der Waals surface area contributed by atoms with Crippen LogP contribution in [0.25, 0.3) is 0 Å². The first-order valence-corrected chi connectivity index (χ1v) is 4.34. The summed E-state index contributed by atoms with van der Waals surface area (Å²) in [5.41, 5.74) is 0. The van der Waals surface area contributed by atoms with Gasteiger partial charge in [0.05, 0.1) is 0 Å². The molecule has 0 unspecified atom stereocenters. The SMILES string of the molecule is OC(Cl)(Cl)C(Cl)(Cl)C(Cl)Cl. The van der Waals surface area contributed by atoms with Crippen molar-refractivity contribution in [2.75, 3.05) is 0 Å². The van der Waals surface area contributed by atoms with Crippen molar-refractivity contribution in [1.29, 1.82) is 0 Å². The summed E-state index contributed by atoms with van der Waals surface area (Å²) in [6.07, 6.45) is 0. The highest BCUT2D eigenvalue weighted by Gasteiger charge is 2.50. The van der Waals surface area contributed by atoms with E-state index in [9.17, 15) is 0 Å². The Labute approximate surface area is 88.1 Å². The molecular formula is C3H2Cl6O. The lowest BCUT2D eigenvalue weighted by atomic mass is 10.5. The summed E-state index contributed by atoms with van der Waals surface area (Å²) in [7, 11) is 0. The van der Waals surface area contributed by atoms with E-state index in [1.54, 1.807) is 0 Å². The molecule has 0 atom stereocenters. The second-order valence-corrected chi connectivity index (χ2v) is 5.23. The number of hydrogen-bond acceptors (Lipinski definition) is 1. The minimum absolute atomic E-state index is 1.28. The Morgan fingerprint density at radius 1 is 1.00 bits per heavy atom. The molecule has 0 amide bonds. The van der Waals surface area contributed by atoms with Crippen LogP contribution in [0.5, 0.6) is 0 Å². The normalized spacial score (nSPS) is 14.4. The molecule has 0 aliphatic heterocycles. The van der Waals surface area contributed by atoms with E-state index in [0.29, 0.717) is 0 Å². The summed E-state index contributed by atoms with van der Waals surface area (Å²) in [4.78, 5) is -1.28. The van der Waals surface area contributed by atoms with Crippen LogP contribution in [0.15, 0.2) is 0 Å². The first kappa shape index (κ1) is 11.7. The molecule has 0 aromatic heterocycles. The van der Waals surface area contributed by atoms with Crippen molar-refractivity contribution in [3.8, 4) is 0 Å². The predicted octanol–water partition coefficient (Wildman–Crippen LogP) is 3.09. The van der Waals surface area contributed by atoms with Gasteiger partial charge in [-0.05, 0) is 0 Å². The average Bonchev–Trinajstić information content (AvgIpc) is 1.62. The van der Waals surface area contributed by atoms with Crippen LogP contribution in [-0.2, 0) is 0 Å². The minimum Gasteiger partial charge on any atom is -0.360 e. The molecule has 1 N–H and O–H groups in total. The highest BCUT2D eigenvalue weighted by atomic mass is 35.5. The summed E-state index contributed by atoms with van der Waals surface area (Å²) in [6.45, 7) is 0. The van der Waals surface area contributed by atoms with Crippen LogP contribution in [-0.4, -0.2) is 18.8 Å². The van der Waals surface area contributed by atoms with Gasteiger partial charge in [0.15, 0.2) is 0 Å². The second kappa shape index (κ2) is 3.61. The summed E-state index contributed by atoms with van der Waals surface area (Å²) < 4.78 is -4.37. The third-order valence-electron chi connectivity index (χ3n) is 0.675. The van der Waals surface area contributed by atoms with Gasteiger partial charge in [-0.3, -0.25) is 0 Å². The number of halogens is 6. The lowest BCUT2D eigenvalue weighted by Gasteiger charge is -2.28. The van der Waals surface area contributed by atoms with Crippen molar-refractivity contribution >= 4 is 69.6 Å². The van der Waals surface area contributed by atoms with Crippen LogP contribution >= 0.6 is 69.6 Å². The molecule has 0 bridgehead atoms. The third-order valence-corrected chi connectivity index (χ3v) is 3.74. The van der Waals surface area contributed by atoms with Crippen LogP contribution in [0, 0.1) is 0 Å². The third kappa shape index (κ3) is 2.63. The molecule has 1 nitrogen and oxygen atoms in total. The van der Waals surface area contributed by atoms with E-state index in [4.69, 9.17) is 74.7 Å². The zero-order valence-electron chi connectivity index (χ0n) is 4.29. The maximum absolute atomic E-state index is 8.81. The summed E-state index contributed by atoms with van der Waals surface area (Å²) in [6, 6.07) is 0. The summed E-state index contributed by atoms with van der Waals surface area (Å²) in [5.74, 6) is 0. The van der Waals surface area contributed by atoms with Crippen molar-refractivity contribution in [3.63, 3.8) is 0 Å². The van der Waals surface area contributed by atoms with Gasteiger partial charge in [-0.2, -0.15) is 0 Å². The molecular weight excluding hydrogens is 265 g/mol. The van der Waals surface area contributed by atoms with Crippen molar-refractivity contribution < 1.29 is 5.11 Å². The van der Waals surface area contributed by atoms with Gasteiger partial charge in [-0.15, -0.1) is 23.2 Å². The van der Waals surface area contributed by atoms with Crippen LogP contribution in [0.3, 0.4) is 0 Å². The molecule has 0 spiro atoms. The van der Waals surface area contributed by atoms with E-state index in [0.717, 1.165) is 0 Å². The Hall–Kier alpha value is 1.70. The summed E-state index contributed by atoms with van der Waals surface area (Å²) in [5, 5.41) is 8.81. The lowest BCUT2D eigenvalue weighted by Crippen LogP contribution is -2.41. The number of hydrogen-bond donors (Lipinski definition) is 1. The quantitative estimate of drug-likeness (QED) is 0.762. The molecule has 0 aromatic carbocycles. The molecule has 0 aromatic rings. The van der Waals surface area contributed by atoms with Gasteiger partial charge >= 0.3 is 0 Å². The highest BCUT2D eigenvalue weighted by molar-refractivity contribution is 6.67. The average molecular weight is 267 g/mol. The van der Waals surface area contributed by atoms with Crippen LogP contribution in [0.2, 0.25) is 0 Å². The van der Waals surface area contributed by atoms with Crippen LogP contribution < -0.4 is 0 Å². The fraction of sp³-hybridized carbons (Fsp3) is 1.00. The molecule has 0 fully saturated rings. The van der Waals surface area contributed by atoms with Gasteiger partial charge in [0.1, 0.15) is 4.84 Å². The van der Waals surface area contributed by atoms with Crippen molar-refractivity contribution in [2.45, 2.75) is 13.7 Å². The minimum atomic E-state index is -2.37. The van der Waals surface area contributed by atoms with Gasteiger partial charge in [-0.1, -0.05) is 46.4 Å². The summed E-state index contributed by atoms with van der Waals surface area (Å²) >= 11 is 31.3. The molecule has 0 heterocycles. The highest BCUT2D eigenvalue weighted by Crippen LogP contribution is 2.46. The Morgan fingerprint density at radius 3 is 1.30 bits per heavy atom. The largest absolute Gasteiger partial charge is 0.360 e. The second-order valence-electron chi connectivity index (χ2n) is 1.46. The standard InChI is InChI=1S/C3H2Cl6O/c4-1(5)2(6,7)3(8,9)10/h1,10H. The Bertz CT molecular complexity index is 115. The molecule has 0 rings (SSSR count). The van der Waals surface area contributed by atoms with Gasteiger partial charge in [0.2, 0.25) is 4.33 Å². The molecule has 0 radical (unpaired) electrons. The number of rotatable bonds is 2. The van der Waals surface area contributed by atoms with E-state index in [-0.39, 0.29) is 0 Å². The van der Waals surface area contributed by atoms with Crippen molar-refractivity contribution in [1.82, 2.24) is 0 Å². The zero-order valence-corrected chi connectivity index (χ0v) is 8.83. The first-order valence-electron chi connectivity index (χ1n) is 1.95. The first-order chi connectivity index (χ1) is 4.19. The lowest BCUT2D eigenvalue weighted by molar-refractivity contribution is 0.199. The predicted molar refractivity (Wildman–Crippen MR) is 46.6 cm³/mol. The monoisotopic (exact) mass is 264 g/mol. The molecule has 62 valence electrons. The fourth-order valence-electron chi connectivity index (χ4n) is 0.131. The van der Waals surface area contributed by atoms with Crippen LogP contribution in [0.1, 0.15) is 0 Å². The van der Waals surface area contributed by atoms with E-state index in [1.807, 2.05) is 0 Å². The number of aliphatic hydroxyl groups is 1. The fourth-order valence-corrected chi connectivity index (χ4v) is 0.889. The Kier molecular flexibility index (Phi) is 4.22. The smallest absolute Gasteiger partial charge is 0.251 e. The van der Waals surface area contributed by atoms with Gasteiger partial charge in [0, 0.05) is 0 Å². The van der Waals surface area contributed by atoms with Gasteiger partial charge in [0.25, 0.3) is 4.52 Å². The van der Waals surface area contributed by atoms with Gasteiger partial charge in [-0.25, -0.2) is 0 Å². The maximum Gasteiger partial charge on any atom is 0.251 e. The van der Waals surface area contributed by atoms with E-state index in [1.165, 1.54) is 0 Å². The van der Waals surface area contributed by atoms with Crippen LogP contribution in [0.4, 0.5) is 0 Å². The maximum atomic E-state index is 8.81.